The summed E-state index contributed by atoms with van der Waals surface area (Å²) >= 11 is 1.34. The van der Waals surface area contributed by atoms with Crippen molar-refractivity contribution in [1.82, 2.24) is 9.29 Å². The van der Waals surface area contributed by atoms with E-state index in [0.29, 0.717) is 31.1 Å². The van der Waals surface area contributed by atoms with Crippen LogP contribution in [-0.4, -0.2) is 43.3 Å². The molecule has 0 aliphatic carbocycles. The Morgan fingerprint density at radius 3 is 3.08 bits per heavy atom. The molecule has 1 unspecified atom stereocenters. The van der Waals surface area contributed by atoms with Crippen molar-refractivity contribution in [3.05, 3.63) is 35.3 Å². The number of thiazole rings is 1. The van der Waals surface area contributed by atoms with Crippen LogP contribution in [-0.2, 0) is 21.2 Å². The van der Waals surface area contributed by atoms with Gasteiger partial charge in [-0.1, -0.05) is 0 Å². The Balaban J connectivity index is 1.50. The van der Waals surface area contributed by atoms with E-state index in [1.54, 1.807) is 29.8 Å². The molecule has 1 aromatic heterocycles. The molecule has 0 saturated carbocycles. The van der Waals surface area contributed by atoms with Crippen LogP contribution < -0.4 is 10.1 Å². The van der Waals surface area contributed by atoms with Gasteiger partial charge in [0, 0.05) is 31.1 Å². The lowest BCUT2D eigenvalue weighted by atomic mass is 9.99. The summed E-state index contributed by atoms with van der Waals surface area (Å²) in [5.41, 5.74) is 0.918. The molecule has 0 bridgehead atoms. The second kappa shape index (κ2) is 6.98. The Kier molecular flexibility index (Phi) is 4.68. The first-order valence-corrected chi connectivity index (χ1v) is 10.8. The predicted octanol–water partition coefficient (Wildman–Crippen LogP) is 2.12. The summed E-state index contributed by atoms with van der Waals surface area (Å²) in [6.07, 6.45) is 3.66. The average Bonchev–Trinajstić information content (AvgIpc) is 3.32. The van der Waals surface area contributed by atoms with Crippen LogP contribution in [0.3, 0.4) is 0 Å². The number of fused-ring (bicyclic) bond motifs is 1. The molecule has 2 aromatic rings. The molecule has 9 heteroatoms. The molecule has 3 heterocycles. The summed E-state index contributed by atoms with van der Waals surface area (Å²) < 4.78 is 32.9. The standard InChI is InChI=1S/C17H19N3O4S2/c21-16(19-17-18-6-9-25-17)13-2-1-7-20(11-13)26(22,23)14-3-4-15-12(10-14)5-8-24-15/h3-4,6,9-10,13H,1-2,5,7-8,11H2,(H,18,19,21). The third-order valence-corrected chi connectivity index (χ3v) is 7.27. The second-order valence-electron chi connectivity index (χ2n) is 6.40. The van der Waals surface area contributed by atoms with Gasteiger partial charge in [0.15, 0.2) is 5.13 Å². The summed E-state index contributed by atoms with van der Waals surface area (Å²) in [6.45, 7) is 1.20. The molecule has 1 aromatic carbocycles. The molecular formula is C17H19N3O4S2. The van der Waals surface area contributed by atoms with Crippen molar-refractivity contribution in [1.29, 1.82) is 0 Å². The van der Waals surface area contributed by atoms with Crippen LogP contribution in [0.4, 0.5) is 5.13 Å². The van der Waals surface area contributed by atoms with Gasteiger partial charge in [-0.3, -0.25) is 4.79 Å². The molecule has 1 saturated heterocycles. The highest BCUT2D eigenvalue weighted by molar-refractivity contribution is 7.89. The number of hydrogen-bond donors (Lipinski definition) is 1. The van der Waals surface area contributed by atoms with E-state index in [0.717, 1.165) is 17.7 Å². The molecule has 1 fully saturated rings. The Morgan fingerprint density at radius 2 is 2.27 bits per heavy atom. The van der Waals surface area contributed by atoms with E-state index in [2.05, 4.69) is 10.3 Å². The number of benzene rings is 1. The maximum Gasteiger partial charge on any atom is 0.243 e. The lowest BCUT2D eigenvalue weighted by Gasteiger charge is -2.31. The number of nitrogens with zero attached hydrogens (tertiary/aromatic N) is 2. The average molecular weight is 393 g/mol. The van der Waals surface area contributed by atoms with Crippen LogP contribution in [0, 0.1) is 5.92 Å². The minimum atomic E-state index is -3.63. The summed E-state index contributed by atoms with van der Waals surface area (Å²) in [7, 11) is -3.63. The fourth-order valence-electron chi connectivity index (χ4n) is 3.34. The first-order chi connectivity index (χ1) is 12.5. The lowest BCUT2D eigenvalue weighted by molar-refractivity contribution is -0.120. The van der Waals surface area contributed by atoms with E-state index in [4.69, 9.17) is 4.74 Å². The zero-order chi connectivity index (χ0) is 18.1. The second-order valence-corrected chi connectivity index (χ2v) is 9.23. The van der Waals surface area contributed by atoms with Gasteiger partial charge in [-0.25, -0.2) is 13.4 Å². The molecule has 138 valence electrons. The molecule has 1 atom stereocenters. The fraction of sp³-hybridized carbons (Fsp3) is 0.412. The summed E-state index contributed by atoms with van der Waals surface area (Å²) in [5, 5.41) is 5.09. The van der Waals surface area contributed by atoms with Gasteiger partial charge in [0.25, 0.3) is 0 Å². The first-order valence-electron chi connectivity index (χ1n) is 8.50. The van der Waals surface area contributed by atoms with Crippen molar-refractivity contribution in [2.75, 3.05) is 25.0 Å². The number of piperidine rings is 1. The van der Waals surface area contributed by atoms with Gasteiger partial charge < -0.3 is 10.1 Å². The number of anilines is 1. The monoisotopic (exact) mass is 393 g/mol. The number of ether oxygens (including phenoxy) is 1. The lowest BCUT2D eigenvalue weighted by Crippen LogP contribution is -2.43. The molecule has 2 aliphatic rings. The maximum absolute atomic E-state index is 13.0. The molecule has 1 N–H and O–H groups in total. The van der Waals surface area contributed by atoms with Crippen molar-refractivity contribution >= 4 is 32.4 Å². The number of nitrogens with one attached hydrogen (secondary N) is 1. The summed E-state index contributed by atoms with van der Waals surface area (Å²) in [6, 6.07) is 4.99. The van der Waals surface area contributed by atoms with Crippen molar-refractivity contribution in [3.63, 3.8) is 0 Å². The number of rotatable bonds is 4. The molecule has 1 amide bonds. The Hall–Kier alpha value is -1.97. The van der Waals surface area contributed by atoms with Gasteiger partial charge in [-0.05, 0) is 36.6 Å². The first kappa shape index (κ1) is 17.4. The maximum atomic E-state index is 13.0. The minimum Gasteiger partial charge on any atom is -0.493 e. The number of sulfonamides is 1. The van der Waals surface area contributed by atoms with Crippen LogP contribution in [0.2, 0.25) is 0 Å². The Morgan fingerprint density at radius 1 is 1.38 bits per heavy atom. The SMILES string of the molecule is O=C(Nc1nccs1)C1CCCN(S(=O)(=O)c2ccc3c(c2)CCO3)C1. The van der Waals surface area contributed by atoms with Gasteiger partial charge in [0.1, 0.15) is 5.75 Å². The van der Waals surface area contributed by atoms with Crippen molar-refractivity contribution in [3.8, 4) is 5.75 Å². The van der Waals surface area contributed by atoms with E-state index in [9.17, 15) is 13.2 Å². The quantitative estimate of drug-likeness (QED) is 0.860. The molecular weight excluding hydrogens is 374 g/mol. The normalized spacial score (nSPS) is 20.4. The molecule has 26 heavy (non-hydrogen) atoms. The Labute approximate surface area is 156 Å². The molecule has 7 nitrogen and oxygen atoms in total. The van der Waals surface area contributed by atoms with Crippen LogP contribution in [0.1, 0.15) is 18.4 Å². The number of carbonyl (C=O) groups excluding carboxylic acids is 1. The molecule has 4 rings (SSSR count). The van der Waals surface area contributed by atoms with E-state index in [1.165, 1.54) is 15.6 Å². The minimum absolute atomic E-state index is 0.179. The third-order valence-electron chi connectivity index (χ3n) is 4.72. The van der Waals surface area contributed by atoms with E-state index >= 15 is 0 Å². The van der Waals surface area contributed by atoms with Gasteiger partial charge in [0.05, 0.1) is 17.4 Å². The van der Waals surface area contributed by atoms with E-state index in [-0.39, 0.29) is 23.3 Å². The Bertz CT molecular complexity index is 912. The summed E-state index contributed by atoms with van der Waals surface area (Å²) in [4.78, 5) is 16.8. The summed E-state index contributed by atoms with van der Waals surface area (Å²) in [5.74, 6) is 0.200. The molecule has 0 spiro atoms. The van der Waals surface area contributed by atoms with Gasteiger partial charge in [-0.15, -0.1) is 11.3 Å². The topological polar surface area (TPSA) is 88.6 Å². The predicted molar refractivity (Wildman–Crippen MR) is 97.9 cm³/mol. The number of hydrogen-bond acceptors (Lipinski definition) is 6. The highest BCUT2D eigenvalue weighted by atomic mass is 32.2. The van der Waals surface area contributed by atoms with Crippen molar-refractivity contribution in [2.24, 2.45) is 5.92 Å². The molecule has 2 aliphatic heterocycles. The fourth-order valence-corrected chi connectivity index (χ4v) is 5.45. The zero-order valence-electron chi connectivity index (χ0n) is 14.1. The van der Waals surface area contributed by atoms with Crippen LogP contribution in [0.25, 0.3) is 0 Å². The number of aromatic nitrogens is 1. The zero-order valence-corrected chi connectivity index (χ0v) is 15.7. The smallest absolute Gasteiger partial charge is 0.243 e. The van der Waals surface area contributed by atoms with Crippen LogP contribution in [0.15, 0.2) is 34.7 Å². The van der Waals surface area contributed by atoms with Crippen LogP contribution in [0.5, 0.6) is 5.75 Å². The molecule has 0 radical (unpaired) electrons. The van der Waals surface area contributed by atoms with Crippen molar-refractivity contribution in [2.45, 2.75) is 24.2 Å². The van der Waals surface area contributed by atoms with Gasteiger partial charge >= 0.3 is 0 Å². The van der Waals surface area contributed by atoms with Gasteiger partial charge in [-0.2, -0.15) is 4.31 Å². The van der Waals surface area contributed by atoms with Crippen molar-refractivity contribution < 1.29 is 17.9 Å². The largest absolute Gasteiger partial charge is 0.493 e. The number of amides is 1. The highest BCUT2D eigenvalue weighted by Gasteiger charge is 2.34. The van der Waals surface area contributed by atoms with E-state index in [1.807, 2.05) is 0 Å². The van der Waals surface area contributed by atoms with Crippen LogP contribution >= 0.6 is 11.3 Å². The third kappa shape index (κ3) is 3.34. The highest BCUT2D eigenvalue weighted by Crippen LogP contribution is 2.30. The van der Waals surface area contributed by atoms with E-state index < -0.39 is 10.0 Å². The van der Waals surface area contributed by atoms with Gasteiger partial charge in [0.2, 0.25) is 15.9 Å². The number of carbonyl (C=O) groups is 1.